The van der Waals surface area contributed by atoms with Crippen LogP contribution in [0.4, 0.5) is 0 Å². The van der Waals surface area contributed by atoms with Crippen LogP contribution in [0.25, 0.3) is 0 Å². The fourth-order valence-electron chi connectivity index (χ4n) is 2.51. The van der Waals surface area contributed by atoms with Crippen LogP contribution >= 0.6 is 0 Å². The lowest BCUT2D eigenvalue weighted by atomic mass is 9.80. The second kappa shape index (κ2) is 6.49. The topological polar surface area (TPSA) is 21.3 Å². The number of nitrogens with one attached hydrogen (secondary N) is 1. The molecule has 0 aromatic rings. The molecule has 1 aliphatic carbocycles. The van der Waals surface area contributed by atoms with Crippen molar-refractivity contribution in [3.05, 3.63) is 0 Å². The highest BCUT2D eigenvalue weighted by Crippen LogP contribution is 2.28. The average molecular weight is 213 g/mol. The van der Waals surface area contributed by atoms with E-state index in [1.807, 2.05) is 0 Å². The van der Waals surface area contributed by atoms with Crippen molar-refractivity contribution in [2.45, 2.75) is 46.1 Å². The number of ether oxygens (including phenoxy) is 1. The van der Waals surface area contributed by atoms with Crippen molar-refractivity contribution in [1.29, 1.82) is 0 Å². The Kier molecular flexibility index (Phi) is 5.62. The van der Waals surface area contributed by atoms with E-state index >= 15 is 0 Å². The van der Waals surface area contributed by atoms with Crippen molar-refractivity contribution in [3.63, 3.8) is 0 Å². The van der Waals surface area contributed by atoms with Gasteiger partial charge in [0.25, 0.3) is 0 Å². The van der Waals surface area contributed by atoms with Crippen molar-refractivity contribution in [3.8, 4) is 0 Å². The van der Waals surface area contributed by atoms with Crippen LogP contribution in [0.5, 0.6) is 0 Å². The largest absolute Gasteiger partial charge is 0.384 e. The third-order valence-corrected chi connectivity index (χ3v) is 3.64. The highest BCUT2D eigenvalue weighted by atomic mass is 16.5. The van der Waals surface area contributed by atoms with Gasteiger partial charge < -0.3 is 10.1 Å². The quantitative estimate of drug-likeness (QED) is 0.758. The number of hydrogen-bond donors (Lipinski definition) is 1. The molecule has 0 bridgehead atoms. The summed E-state index contributed by atoms with van der Waals surface area (Å²) in [5.41, 5.74) is 0. The van der Waals surface area contributed by atoms with Crippen molar-refractivity contribution in [1.82, 2.24) is 5.32 Å². The first kappa shape index (κ1) is 13.0. The maximum absolute atomic E-state index is 5.15. The van der Waals surface area contributed by atoms with Crippen molar-refractivity contribution < 1.29 is 4.74 Å². The lowest BCUT2D eigenvalue weighted by molar-refractivity contribution is 0.149. The summed E-state index contributed by atoms with van der Waals surface area (Å²) in [4.78, 5) is 0. The van der Waals surface area contributed by atoms with Gasteiger partial charge in [0, 0.05) is 26.3 Å². The molecule has 2 heteroatoms. The van der Waals surface area contributed by atoms with E-state index in [0.29, 0.717) is 5.92 Å². The Hall–Kier alpha value is -0.0800. The van der Waals surface area contributed by atoms with Crippen molar-refractivity contribution >= 4 is 0 Å². The van der Waals surface area contributed by atoms with Gasteiger partial charge in [0.1, 0.15) is 0 Å². The first-order chi connectivity index (χ1) is 7.13. The van der Waals surface area contributed by atoms with Crippen LogP contribution in [0.15, 0.2) is 0 Å². The van der Waals surface area contributed by atoms with E-state index in [-0.39, 0.29) is 0 Å². The maximum Gasteiger partial charge on any atom is 0.0499 e. The lowest BCUT2D eigenvalue weighted by Crippen LogP contribution is -2.41. The van der Waals surface area contributed by atoms with Gasteiger partial charge >= 0.3 is 0 Å². The molecule has 4 atom stereocenters. The molecule has 1 N–H and O–H groups in total. The average Bonchev–Trinajstić information content (AvgIpc) is 2.20. The molecular formula is C13H27NO. The first-order valence-corrected chi connectivity index (χ1v) is 6.35. The Morgan fingerprint density at radius 2 is 2.07 bits per heavy atom. The third kappa shape index (κ3) is 4.52. The van der Waals surface area contributed by atoms with Gasteiger partial charge in [-0.25, -0.2) is 0 Å². The summed E-state index contributed by atoms with van der Waals surface area (Å²) in [6.45, 7) is 8.95. The SMILES string of the molecule is COCC(C)CNC1CC(C)CCC1C. The van der Waals surface area contributed by atoms with Crippen LogP contribution in [0.3, 0.4) is 0 Å². The Morgan fingerprint density at radius 3 is 2.73 bits per heavy atom. The van der Waals surface area contributed by atoms with Gasteiger partial charge in [-0.1, -0.05) is 27.2 Å². The van der Waals surface area contributed by atoms with Gasteiger partial charge in [0.05, 0.1) is 0 Å². The molecule has 0 saturated heterocycles. The number of hydrogen-bond acceptors (Lipinski definition) is 2. The molecule has 0 aromatic heterocycles. The van der Waals surface area contributed by atoms with Crippen LogP contribution in [-0.2, 0) is 4.74 Å². The van der Waals surface area contributed by atoms with E-state index in [2.05, 4.69) is 26.1 Å². The van der Waals surface area contributed by atoms with E-state index in [9.17, 15) is 0 Å². The van der Waals surface area contributed by atoms with Crippen LogP contribution in [0, 0.1) is 17.8 Å². The molecule has 4 unspecified atom stereocenters. The van der Waals surface area contributed by atoms with Gasteiger partial charge in [-0.15, -0.1) is 0 Å². The maximum atomic E-state index is 5.15. The van der Waals surface area contributed by atoms with Gasteiger partial charge in [-0.05, 0) is 30.6 Å². The van der Waals surface area contributed by atoms with Crippen LogP contribution in [-0.4, -0.2) is 26.3 Å². The highest BCUT2D eigenvalue weighted by molar-refractivity contribution is 4.81. The second-order valence-corrected chi connectivity index (χ2v) is 5.47. The molecule has 0 radical (unpaired) electrons. The molecule has 1 saturated carbocycles. The van der Waals surface area contributed by atoms with Gasteiger partial charge in [0.15, 0.2) is 0 Å². The molecule has 1 aliphatic rings. The Bertz CT molecular complexity index is 172. The third-order valence-electron chi connectivity index (χ3n) is 3.64. The van der Waals surface area contributed by atoms with E-state index in [1.165, 1.54) is 19.3 Å². The normalized spacial score (nSPS) is 34.0. The predicted molar refractivity (Wildman–Crippen MR) is 65.0 cm³/mol. The Morgan fingerprint density at radius 1 is 1.33 bits per heavy atom. The fourth-order valence-corrected chi connectivity index (χ4v) is 2.51. The smallest absolute Gasteiger partial charge is 0.0499 e. The molecule has 0 spiro atoms. The molecule has 2 nitrogen and oxygen atoms in total. The molecule has 0 amide bonds. The zero-order valence-corrected chi connectivity index (χ0v) is 10.8. The van der Waals surface area contributed by atoms with Gasteiger partial charge in [-0.2, -0.15) is 0 Å². The Balaban J connectivity index is 2.23. The Labute approximate surface area is 94.8 Å². The standard InChI is InChI=1S/C13H27NO/c1-10-5-6-12(3)13(7-10)14-8-11(2)9-15-4/h10-14H,5-9H2,1-4H3. The van der Waals surface area contributed by atoms with Crippen LogP contribution in [0.1, 0.15) is 40.0 Å². The molecule has 1 fully saturated rings. The molecule has 0 aromatic carbocycles. The van der Waals surface area contributed by atoms with E-state index in [4.69, 9.17) is 4.74 Å². The summed E-state index contributed by atoms with van der Waals surface area (Å²) >= 11 is 0. The first-order valence-electron chi connectivity index (χ1n) is 6.35. The number of methoxy groups -OCH3 is 1. The summed E-state index contributed by atoms with van der Waals surface area (Å²) in [6.07, 6.45) is 4.14. The van der Waals surface area contributed by atoms with Crippen molar-refractivity contribution in [2.24, 2.45) is 17.8 Å². The predicted octanol–water partition coefficient (Wildman–Crippen LogP) is 2.68. The summed E-state index contributed by atoms with van der Waals surface area (Å²) < 4.78 is 5.15. The van der Waals surface area contributed by atoms with E-state index < -0.39 is 0 Å². The summed E-state index contributed by atoms with van der Waals surface area (Å²) in [5.74, 6) is 2.37. The lowest BCUT2D eigenvalue weighted by Gasteiger charge is -2.34. The van der Waals surface area contributed by atoms with E-state index in [0.717, 1.165) is 31.0 Å². The minimum atomic E-state index is 0.624. The molecule has 0 heterocycles. The van der Waals surface area contributed by atoms with Gasteiger partial charge in [-0.3, -0.25) is 0 Å². The monoisotopic (exact) mass is 213 g/mol. The van der Waals surface area contributed by atoms with E-state index in [1.54, 1.807) is 7.11 Å². The number of rotatable bonds is 5. The summed E-state index contributed by atoms with van der Waals surface area (Å²) in [7, 11) is 1.78. The van der Waals surface area contributed by atoms with Crippen LogP contribution < -0.4 is 5.32 Å². The van der Waals surface area contributed by atoms with Crippen LogP contribution in [0.2, 0.25) is 0 Å². The molecule has 1 rings (SSSR count). The van der Waals surface area contributed by atoms with Crippen molar-refractivity contribution in [2.75, 3.05) is 20.3 Å². The fraction of sp³-hybridized carbons (Fsp3) is 1.00. The molecule has 0 aliphatic heterocycles. The highest BCUT2D eigenvalue weighted by Gasteiger charge is 2.25. The minimum absolute atomic E-state index is 0.624. The second-order valence-electron chi connectivity index (χ2n) is 5.47. The molecular weight excluding hydrogens is 186 g/mol. The zero-order chi connectivity index (χ0) is 11.3. The summed E-state index contributed by atoms with van der Waals surface area (Å²) in [5, 5.41) is 3.71. The zero-order valence-electron chi connectivity index (χ0n) is 10.8. The van der Waals surface area contributed by atoms with Gasteiger partial charge in [0.2, 0.25) is 0 Å². The summed E-state index contributed by atoms with van der Waals surface area (Å²) in [6, 6.07) is 0.730. The minimum Gasteiger partial charge on any atom is -0.384 e. The molecule has 15 heavy (non-hydrogen) atoms. The molecule has 90 valence electrons.